The fourth-order valence-electron chi connectivity index (χ4n) is 2.71. The molecule has 1 heterocycles. The zero-order chi connectivity index (χ0) is 15.2. The Balaban J connectivity index is 2.17. The molecule has 0 spiro atoms. The summed E-state index contributed by atoms with van der Waals surface area (Å²) in [5.74, 6) is 0.583. The van der Waals surface area contributed by atoms with Gasteiger partial charge in [0.15, 0.2) is 5.58 Å². The fraction of sp³-hybridized carbons (Fsp3) is 0.333. The molecule has 3 rings (SSSR count). The molecule has 0 aliphatic heterocycles. The van der Waals surface area contributed by atoms with E-state index in [0.29, 0.717) is 5.89 Å². The zero-order valence-corrected chi connectivity index (χ0v) is 12.8. The van der Waals surface area contributed by atoms with Crippen LogP contribution in [0.15, 0.2) is 40.8 Å². The summed E-state index contributed by atoms with van der Waals surface area (Å²) in [6, 6.07) is 12.1. The van der Waals surface area contributed by atoms with Crippen LogP contribution in [0.1, 0.15) is 33.6 Å². The number of oxazole rings is 1. The van der Waals surface area contributed by atoms with Crippen molar-refractivity contribution in [3.63, 3.8) is 0 Å². The Morgan fingerprint density at radius 2 is 1.76 bits per heavy atom. The van der Waals surface area contributed by atoms with E-state index in [1.807, 2.05) is 64.1 Å². The molecule has 0 amide bonds. The molecule has 3 aromatic rings. The van der Waals surface area contributed by atoms with Crippen LogP contribution < -0.4 is 0 Å². The van der Waals surface area contributed by atoms with Crippen LogP contribution in [0.25, 0.3) is 21.9 Å². The van der Waals surface area contributed by atoms with Crippen LogP contribution >= 0.6 is 0 Å². The van der Waals surface area contributed by atoms with Gasteiger partial charge in [-0.15, -0.1) is 0 Å². The number of carbonyl (C=O) groups excluding carboxylic acids is 1. The molecule has 0 saturated carbocycles. The average Bonchev–Trinajstić information content (AvgIpc) is 2.87. The Morgan fingerprint density at radius 1 is 1.14 bits per heavy atom. The van der Waals surface area contributed by atoms with Crippen molar-refractivity contribution in [1.82, 2.24) is 4.98 Å². The van der Waals surface area contributed by atoms with E-state index in [4.69, 9.17) is 4.42 Å². The first-order valence-electron chi connectivity index (χ1n) is 7.24. The van der Waals surface area contributed by atoms with Gasteiger partial charge in [0.2, 0.25) is 5.89 Å². The molecular weight excluding hydrogens is 262 g/mol. The van der Waals surface area contributed by atoms with Crippen LogP contribution in [0.3, 0.4) is 0 Å². The Hall–Kier alpha value is -2.16. The number of carbonyl (C=O) groups is 1. The van der Waals surface area contributed by atoms with Crippen molar-refractivity contribution in [1.29, 1.82) is 0 Å². The summed E-state index contributed by atoms with van der Waals surface area (Å²) in [5.41, 5.74) is 0.820. The third-order valence-corrected chi connectivity index (χ3v) is 3.93. The highest BCUT2D eigenvalue weighted by Gasteiger charge is 2.36. The third-order valence-electron chi connectivity index (χ3n) is 3.93. The lowest BCUT2D eigenvalue weighted by molar-refractivity contribution is -0.127. The standard InChI is InChI=1S/C18H19NO2/c1-11(2)16(20)18(3,4)17-19-14-9-12-7-5-6-8-13(12)10-15(14)21-17/h5-11H,1-4H3. The summed E-state index contributed by atoms with van der Waals surface area (Å²) in [6.45, 7) is 7.56. The van der Waals surface area contributed by atoms with E-state index in [0.717, 1.165) is 21.9 Å². The molecule has 0 fully saturated rings. The van der Waals surface area contributed by atoms with Crippen LogP contribution in [0.4, 0.5) is 0 Å². The number of benzene rings is 2. The maximum absolute atomic E-state index is 12.4. The first-order chi connectivity index (χ1) is 9.89. The second-order valence-corrected chi connectivity index (χ2v) is 6.33. The van der Waals surface area contributed by atoms with Crippen LogP contribution in [0, 0.1) is 5.92 Å². The predicted molar refractivity (Wildman–Crippen MR) is 84.4 cm³/mol. The first kappa shape index (κ1) is 13.8. The smallest absolute Gasteiger partial charge is 0.208 e. The van der Waals surface area contributed by atoms with Crippen molar-refractivity contribution in [2.75, 3.05) is 0 Å². The zero-order valence-electron chi connectivity index (χ0n) is 12.8. The highest BCUT2D eigenvalue weighted by atomic mass is 16.3. The van der Waals surface area contributed by atoms with Gasteiger partial charge >= 0.3 is 0 Å². The van der Waals surface area contributed by atoms with Gasteiger partial charge in [0.1, 0.15) is 11.3 Å². The van der Waals surface area contributed by atoms with Crippen LogP contribution in [0.5, 0.6) is 0 Å². The van der Waals surface area contributed by atoms with Gasteiger partial charge in [-0.2, -0.15) is 0 Å². The summed E-state index contributed by atoms with van der Waals surface area (Å²) < 4.78 is 5.88. The Kier molecular flexibility index (Phi) is 3.08. The average molecular weight is 281 g/mol. The van der Waals surface area contributed by atoms with Gasteiger partial charge in [0, 0.05) is 5.92 Å². The second-order valence-electron chi connectivity index (χ2n) is 6.33. The van der Waals surface area contributed by atoms with E-state index in [1.165, 1.54) is 0 Å². The second kappa shape index (κ2) is 4.69. The summed E-state index contributed by atoms with van der Waals surface area (Å²) in [7, 11) is 0. The lowest BCUT2D eigenvalue weighted by Gasteiger charge is -2.21. The van der Waals surface area contributed by atoms with Gasteiger partial charge in [0.05, 0.1) is 5.41 Å². The Morgan fingerprint density at radius 3 is 2.38 bits per heavy atom. The molecule has 3 heteroatoms. The summed E-state index contributed by atoms with van der Waals surface area (Å²) in [5, 5.41) is 2.23. The normalized spacial score (nSPS) is 12.4. The number of fused-ring (bicyclic) bond motifs is 2. The molecule has 0 aliphatic carbocycles. The minimum absolute atomic E-state index is 0.0471. The quantitative estimate of drug-likeness (QED) is 0.710. The number of nitrogens with zero attached hydrogens (tertiary/aromatic N) is 1. The first-order valence-corrected chi connectivity index (χ1v) is 7.24. The lowest BCUT2D eigenvalue weighted by atomic mass is 9.82. The third kappa shape index (κ3) is 2.23. The highest BCUT2D eigenvalue weighted by Crippen LogP contribution is 2.31. The molecule has 0 aliphatic rings. The lowest BCUT2D eigenvalue weighted by Crippen LogP contribution is -2.32. The van der Waals surface area contributed by atoms with E-state index in [2.05, 4.69) is 4.98 Å². The van der Waals surface area contributed by atoms with Crippen LogP contribution in [-0.4, -0.2) is 10.8 Å². The maximum atomic E-state index is 12.4. The fourth-order valence-corrected chi connectivity index (χ4v) is 2.71. The monoisotopic (exact) mass is 281 g/mol. The summed E-state index contributed by atoms with van der Waals surface area (Å²) in [4.78, 5) is 16.9. The Labute approximate surface area is 124 Å². The molecule has 2 aromatic carbocycles. The largest absolute Gasteiger partial charge is 0.440 e. The van der Waals surface area contributed by atoms with E-state index >= 15 is 0 Å². The molecule has 0 radical (unpaired) electrons. The van der Waals surface area contributed by atoms with Crippen LogP contribution in [0.2, 0.25) is 0 Å². The van der Waals surface area contributed by atoms with Crippen molar-refractivity contribution in [2.45, 2.75) is 33.1 Å². The minimum atomic E-state index is -0.709. The van der Waals surface area contributed by atoms with Crippen molar-refractivity contribution >= 4 is 27.7 Å². The predicted octanol–water partition coefficient (Wildman–Crippen LogP) is 4.48. The maximum Gasteiger partial charge on any atom is 0.208 e. The van der Waals surface area contributed by atoms with Crippen LogP contribution in [-0.2, 0) is 10.2 Å². The highest BCUT2D eigenvalue weighted by molar-refractivity contribution is 5.95. The number of aromatic nitrogens is 1. The molecule has 21 heavy (non-hydrogen) atoms. The number of rotatable bonds is 3. The van der Waals surface area contributed by atoms with Gasteiger partial charge < -0.3 is 4.42 Å². The number of Topliss-reactive ketones (excluding diaryl/α,β-unsaturated/α-hetero) is 1. The van der Waals surface area contributed by atoms with E-state index in [1.54, 1.807) is 0 Å². The van der Waals surface area contributed by atoms with Crippen molar-refractivity contribution in [2.24, 2.45) is 5.92 Å². The molecule has 0 unspecified atom stereocenters. The Bertz CT molecular complexity index is 775. The SMILES string of the molecule is CC(C)C(=O)C(C)(C)c1nc2cc3ccccc3cc2o1. The minimum Gasteiger partial charge on any atom is -0.440 e. The van der Waals surface area contributed by atoms with Gasteiger partial charge in [-0.1, -0.05) is 38.1 Å². The molecule has 3 nitrogen and oxygen atoms in total. The van der Waals surface area contributed by atoms with Gasteiger partial charge in [-0.05, 0) is 36.8 Å². The van der Waals surface area contributed by atoms with Gasteiger partial charge in [-0.25, -0.2) is 4.98 Å². The molecule has 0 saturated heterocycles. The molecule has 108 valence electrons. The molecular formula is C18H19NO2. The number of ketones is 1. The molecule has 0 bridgehead atoms. The summed E-state index contributed by atoms with van der Waals surface area (Å²) in [6.07, 6.45) is 0. The van der Waals surface area contributed by atoms with Crippen molar-refractivity contribution < 1.29 is 9.21 Å². The van der Waals surface area contributed by atoms with E-state index in [9.17, 15) is 4.79 Å². The van der Waals surface area contributed by atoms with Crippen molar-refractivity contribution in [3.8, 4) is 0 Å². The molecule has 1 aromatic heterocycles. The van der Waals surface area contributed by atoms with Gasteiger partial charge in [-0.3, -0.25) is 4.79 Å². The molecule has 0 N–H and O–H groups in total. The molecule has 0 atom stereocenters. The number of hydrogen-bond donors (Lipinski definition) is 0. The number of hydrogen-bond acceptors (Lipinski definition) is 3. The van der Waals surface area contributed by atoms with Crippen molar-refractivity contribution in [3.05, 3.63) is 42.3 Å². The summed E-state index contributed by atoms with van der Waals surface area (Å²) >= 11 is 0. The topological polar surface area (TPSA) is 43.1 Å². The van der Waals surface area contributed by atoms with E-state index in [-0.39, 0.29) is 11.7 Å². The van der Waals surface area contributed by atoms with E-state index < -0.39 is 5.41 Å². The van der Waals surface area contributed by atoms with Gasteiger partial charge in [0.25, 0.3) is 0 Å².